The summed E-state index contributed by atoms with van der Waals surface area (Å²) in [7, 11) is 0. The first-order chi connectivity index (χ1) is 8.34. The Bertz CT molecular complexity index is 424. The number of nitrogens with one attached hydrogen (secondary N) is 1. The molecule has 2 heterocycles. The molecule has 0 unspecified atom stereocenters. The molecule has 3 nitrogen and oxygen atoms in total. The highest BCUT2D eigenvalue weighted by molar-refractivity contribution is 5.96. The standard InChI is InChI=1S/C14H18N2O/c17-14-13-6-2-1-4-11(13)7-9-16(14)10-12-5-3-8-15-12/h1-2,4,6,12,15H,3,5,7-10H2/t12-/m1/s1. The van der Waals surface area contributed by atoms with Gasteiger partial charge in [-0.1, -0.05) is 18.2 Å². The minimum absolute atomic E-state index is 0.209. The summed E-state index contributed by atoms with van der Waals surface area (Å²) in [5.41, 5.74) is 2.10. The summed E-state index contributed by atoms with van der Waals surface area (Å²) in [5, 5.41) is 3.45. The Morgan fingerprint density at radius 1 is 1.35 bits per heavy atom. The van der Waals surface area contributed by atoms with E-state index in [9.17, 15) is 4.79 Å². The summed E-state index contributed by atoms with van der Waals surface area (Å²) < 4.78 is 0. The van der Waals surface area contributed by atoms with Crippen molar-refractivity contribution in [2.45, 2.75) is 25.3 Å². The van der Waals surface area contributed by atoms with Crippen LogP contribution in [0, 0.1) is 0 Å². The van der Waals surface area contributed by atoms with Crippen molar-refractivity contribution in [2.24, 2.45) is 0 Å². The maximum absolute atomic E-state index is 12.3. The maximum atomic E-state index is 12.3. The lowest BCUT2D eigenvalue weighted by Gasteiger charge is -2.30. The zero-order chi connectivity index (χ0) is 11.7. The van der Waals surface area contributed by atoms with E-state index >= 15 is 0 Å². The van der Waals surface area contributed by atoms with Gasteiger partial charge in [0.1, 0.15) is 0 Å². The molecule has 1 aromatic rings. The van der Waals surface area contributed by atoms with Crippen LogP contribution in [-0.4, -0.2) is 36.5 Å². The maximum Gasteiger partial charge on any atom is 0.254 e. The van der Waals surface area contributed by atoms with Crippen LogP contribution in [0.5, 0.6) is 0 Å². The molecule has 1 N–H and O–H groups in total. The highest BCUT2D eigenvalue weighted by atomic mass is 16.2. The van der Waals surface area contributed by atoms with Crippen LogP contribution in [0.4, 0.5) is 0 Å². The molecule has 1 saturated heterocycles. The fraction of sp³-hybridized carbons (Fsp3) is 0.500. The lowest BCUT2D eigenvalue weighted by atomic mass is 9.98. The van der Waals surface area contributed by atoms with Crippen LogP contribution in [0.15, 0.2) is 24.3 Å². The van der Waals surface area contributed by atoms with Crippen LogP contribution in [0.25, 0.3) is 0 Å². The van der Waals surface area contributed by atoms with Gasteiger partial charge in [-0.2, -0.15) is 0 Å². The number of rotatable bonds is 2. The molecule has 3 heteroatoms. The molecule has 0 bridgehead atoms. The molecule has 2 aliphatic rings. The fourth-order valence-corrected chi connectivity index (χ4v) is 2.83. The predicted octanol–water partition coefficient (Wildman–Crippen LogP) is 1.44. The van der Waals surface area contributed by atoms with Crippen LogP contribution in [0.3, 0.4) is 0 Å². The van der Waals surface area contributed by atoms with Crippen LogP contribution in [-0.2, 0) is 6.42 Å². The van der Waals surface area contributed by atoms with E-state index in [4.69, 9.17) is 0 Å². The third-order valence-corrected chi connectivity index (χ3v) is 3.79. The van der Waals surface area contributed by atoms with Gasteiger partial charge in [-0.05, 0) is 37.4 Å². The summed E-state index contributed by atoms with van der Waals surface area (Å²) >= 11 is 0. The molecule has 1 aromatic carbocycles. The SMILES string of the molecule is O=C1c2ccccc2CCN1C[C@H]1CCCN1. The second kappa shape index (κ2) is 4.49. The van der Waals surface area contributed by atoms with Crippen molar-refractivity contribution in [2.75, 3.05) is 19.6 Å². The number of fused-ring (bicyclic) bond motifs is 1. The number of nitrogens with zero attached hydrogens (tertiary/aromatic N) is 1. The number of hydrogen-bond donors (Lipinski definition) is 1. The van der Waals surface area contributed by atoms with Crippen LogP contribution < -0.4 is 5.32 Å². The van der Waals surface area contributed by atoms with Gasteiger partial charge in [0, 0.05) is 24.7 Å². The average molecular weight is 230 g/mol. The molecule has 1 fully saturated rings. The lowest BCUT2D eigenvalue weighted by molar-refractivity contribution is 0.0726. The largest absolute Gasteiger partial charge is 0.337 e. The van der Waals surface area contributed by atoms with Gasteiger partial charge in [-0.3, -0.25) is 4.79 Å². The third kappa shape index (κ3) is 2.07. The predicted molar refractivity (Wildman–Crippen MR) is 67.1 cm³/mol. The van der Waals surface area contributed by atoms with Gasteiger partial charge in [0.25, 0.3) is 5.91 Å². The zero-order valence-electron chi connectivity index (χ0n) is 9.98. The number of benzene rings is 1. The van der Waals surface area contributed by atoms with Crippen LogP contribution >= 0.6 is 0 Å². The van der Waals surface area contributed by atoms with Gasteiger partial charge in [-0.25, -0.2) is 0 Å². The zero-order valence-corrected chi connectivity index (χ0v) is 9.98. The fourth-order valence-electron chi connectivity index (χ4n) is 2.83. The summed E-state index contributed by atoms with van der Waals surface area (Å²) in [6.45, 7) is 2.84. The first-order valence-corrected chi connectivity index (χ1v) is 6.45. The van der Waals surface area contributed by atoms with Gasteiger partial charge in [0.15, 0.2) is 0 Å². The first-order valence-electron chi connectivity index (χ1n) is 6.45. The van der Waals surface area contributed by atoms with Gasteiger partial charge in [0.2, 0.25) is 0 Å². The Morgan fingerprint density at radius 2 is 2.24 bits per heavy atom. The Morgan fingerprint density at radius 3 is 3.06 bits per heavy atom. The Kier molecular flexibility index (Phi) is 2.85. The molecule has 0 radical (unpaired) electrons. The summed E-state index contributed by atoms with van der Waals surface area (Å²) in [6, 6.07) is 8.49. The molecule has 90 valence electrons. The highest BCUT2D eigenvalue weighted by Gasteiger charge is 2.26. The second-order valence-electron chi connectivity index (χ2n) is 4.95. The molecule has 2 aliphatic heterocycles. The van der Waals surface area contributed by atoms with E-state index in [0.717, 1.165) is 31.6 Å². The van der Waals surface area contributed by atoms with E-state index in [0.29, 0.717) is 6.04 Å². The molecule has 0 aromatic heterocycles. The minimum Gasteiger partial charge on any atom is -0.337 e. The molecule has 1 amide bonds. The first kappa shape index (κ1) is 10.8. The van der Waals surface area contributed by atoms with Gasteiger partial charge in [-0.15, -0.1) is 0 Å². The molecular formula is C14H18N2O. The number of carbonyl (C=O) groups is 1. The van der Waals surface area contributed by atoms with E-state index in [1.807, 2.05) is 23.1 Å². The van der Waals surface area contributed by atoms with Crippen molar-refractivity contribution in [3.63, 3.8) is 0 Å². The summed E-state index contributed by atoms with van der Waals surface area (Å²) in [5.74, 6) is 0.209. The van der Waals surface area contributed by atoms with Crippen molar-refractivity contribution in [1.29, 1.82) is 0 Å². The molecular weight excluding hydrogens is 212 g/mol. The van der Waals surface area contributed by atoms with Gasteiger partial charge >= 0.3 is 0 Å². The third-order valence-electron chi connectivity index (χ3n) is 3.79. The summed E-state index contributed by atoms with van der Waals surface area (Å²) in [4.78, 5) is 14.3. The number of carbonyl (C=O) groups excluding carboxylic acids is 1. The van der Waals surface area contributed by atoms with Crippen LogP contribution in [0.1, 0.15) is 28.8 Å². The topological polar surface area (TPSA) is 32.3 Å². The molecule has 3 rings (SSSR count). The normalized spacial score (nSPS) is 23.9. The smallest absolute Gasteiger partial charge is 0.254 e. The van der Waals surface area contributed by atoms with Crippen molar-refractivity contribution in [3.8, 4) is 0 Å². The molecule has 0 aliphatic carbocycles. The lowest BCUT2D eigenvalue weighted by Crippen LogP contribution is -2.44. The second-order valence-corrected chi connectivity index (χ2v) is 4.95. The van der Waals surface area contributed by atoms with Crippen molar-refractivity contribution >= 4 is 5.91 Å². The number of amides is 1. The van der Waals surface area contributed by atoms with Crippen LogP contribution in [0.2, 0.25) is 0 Å². The van der Waals surface area contributed by atoms with E-state index in [1.165, 1.54) is 18.4 Å². The quantitative estimate of drug-likeness (QED) is 0.833. The van der Waals surface area contributed by atoms with Gasteiger partial charge in [0.05, 0.1) is 0 Å². The van der Waals surface area contributed by atoms with Crippen molar-refractivity contribution in [3.05, 3.63) is 35.4 Å². The molecule has 1 atom stereocenters. The minimum atomic E-state index is 0.209. The van der Waals surface area contributed by atoms with E-state index in [1.54, 1.807) is 0 Å². The van der Waals surface area contributed by atoms with Crippen molar-refractivity contribution < 1.29 is 4.79 Å². The molecule has 0 saturated carbocycles. The van der Waals surface area contributed by atoms with E-state index in [2.05, 4.69) is 11.4 Å². The average Bonchev–Trinajstić information content (AvgIpc) is 2.86. The number of hydrogen-bond acceptors (Lipinski definition) is 2. The highest BCUT2D eigenvalue weighted by Crippen LogP contribution is 2.19. The summed E-state index contributed by atoms with van der Waals surface area (Å²) in [6.07, 6.45) is 3.43. The van der Waals surface area contributed by atoms with Gasteiger partial charge < -0.3 is 10.2 Å². The van der Waals surface area contributed by atoms with E-state index < -0.39 is 0 Å². The van der Waals surface area contributed by atoms with E-state index in [-0.39, 0.29) is 5.91 Å². The Hall–Kier alpha value is -1.35. The van der Waals surface area contributed by atoms with Crippen molar-refractivity contribution in [1.82, 2.24) is 10.2 Å². The molecule has 17 heavy (non-hydrogen) atoms. The molecule has 0 spiro atoms. The Labute approximate surface area is 102 Å². The monoisotopic (exact) mass is 230 g/mol. The Balaban J connectivity index is 1.74.